The molecule has 1 heterocycles. The first kappa shape index (κ1) is 26.6. The molecule has 206 valence electrons. The lowest BCUT2D eigenvalue weighted by molar-refractivity contribution is 0.0952. The van der Waals surface area contributed by atoms with E-state index in [0.717, 1.165) is 50.3 Å². The molecule has 0 atom stereocenters. The SMILES string of the molecule is CCOc1ccc(-n2c(-c3ccccc3)cc(/C=N\NC(=O)c3cc4ccccc4cc3O)c2-c2ccccc2)cc1. The number of phenolic OH excluding ortho intramolecular Hbond substituents is 1. The number of fused-ring (bicyclic) bond motifs is 1. The van der Waals surface area contributed by atoms with Gasteiger partial charge >= 0.3 is 0 Å². The summed E-state index contributed by atoms with van der Waals surface area (Å²) in [6, 6.07) is 41.1. The van der Waals surface area contributed by atoms with Gasteiger partial charge in [0, 0.05) is 11.3 Å². The summed E-state index contributed by atoms with van der Waals surface area (Å²) in [5.74, 6) is 0.210. The molecule has 0 aliphatic rings. The number of benzene rings is 5. The Hall–Kier alpha value is -5.62. The Balaban J connectivity index is 1.43. The number of rotatable bonds is 8. The molecule has 1 amide bonds. The Kier molecular flexibility index (Phi) is 7.51. The number of nitrogens with zero attached hydrogens (tertiary/aromatic N) is 2. The van der Waals surface area contributed by atoms with E-state index in [1.807, 2.05) is 91.9 Å². The molecule has 0 bridgehead atoms. The van der Waals surface area contributed by atoms with Gasteiger partial charge in [0.2, 0.25) is 0 Å². The van der Waals surface area contributed by atoms with Gasteiger partial charge in [0.15, 0.2) is 0 Å². The van der Waals surface area contributed by atoms with Gasteiger partial charge in [0.1, 0.15) is 11.5 Å². The number of aromatic nitrogens is 1. The van der Waals surface area contributed by atoms with E-state index in [1.165, 1.54) is 0 Å². The predicted molar refractivity (Wildman–Crippen MR) is 168 cm³/mol. The van der Waals surface area contributed by atoms with Crippen LogP contribution >= 0.6 is 0 Å². The third kappa shape index (κ3) is 5.38. The second-order valence-electron chi connectivity index (χ2n) is 9.74. The number of hydrogen-bond acceptors (Lipinski definition) is 4. The molecule has 0 aliphatic carbocycles. The van der Waals surface area contributed by atoms with Crippen LogP contribution in [0.1, 0.15) is 22.8 Å². The van der Waals surface area contributed by atoms with E-state index in [4.69, 9.17) is 4.74 Å². The summed E-state index contributed by atoms with van der Waals surface area (Å²) < 4.78 is 7.88. The summed E-state index contributed by atoms with van der Waals surface area (Å²) in [6.45, 7) is 2.56. The highest BCUT2D eigenvalue weighted by atomic mass is 16.5. The van der Waals surface area contributed by atoms with Crippen LogP contribution < -0.4 is 10.2 Å². The molecule has 0 fully saturated rings. The Morgan fingerprint density at radius 3 is 2.10 bits per heavy atom. The van der Waals surface area contributed by atoms with Crippen molar-refractivity contribution >= 4 is 22.9 Å². The molecule has 5 aromatic carbocycles. The van der Waals surface area contributed by atoms with Crippen molar-refractivity contribution in [3.8, 4) is 39.7 Å². The Morgan fingerprint density at radius 1 is 0.810 bits per heavy atom. The number of phenols is 1. The molecule has 0 spiro atoms. The zero-order chi connectivity index (χ0) is 28.9. The molecule has 0 unspecified atom stereocenters. The minimum absolute atomic E-state index is 0.0978. The number of amides is 1. The minimum atomic E-state index is -0.495. The van der Waals surface area contributed by atoms with Crippen LogP contribution in [0.5, 0.6) is 11.5 Å². The highest BCUT2D eigenvalue weighted by molar-refractivity contribution is 6.02. The fourth-order valence-corrected chi connectivity index (χ4v) is 5.10. The number of nitrogens with one attached hydrogen (secondary N) is 1. The molecular formula is C36H29N3O3. The van der Waals surface area contributed by atoms with E-state index in [-0.39, 0.29) is 11.3 Å². The lowest BCUT2D eigenvalue weighted by Gasteiger charge is -2.15. The molecule has 42 heavy (non-hydrogen) atoms. The van der Waals surface area contributed by atoms with E-state index in [9.17, 15) is 9.90 Å². The first-order chi connectivity index (χ1) is 20.6. The van der Waals surface area contributed by atoms with Gasteiger partial charge in [-0.15, -0.1) is 0 Å². The fourth-order valence-electron chi connectivity index (χ4n) is 5.10. The average Bonchev–Trinajstić information content (AvgIpc) is 3.41. The maximum Gasteiger partial charge on any atom is 0.275 e. The van der Waals surface area contributed by atoms with Gasteiger partial charge in [0.05, 0.1) is 29.8 Å². The zero-order valence-electron chi connectivity index (χ0n) is 23.1. The molecule has 2 N–H and O–H groups in total. The van der Waals surface area contributed by atoms with Crippen molar-refractivity contribution in [2.45, 2.75) is 6.92 Å². The van der Waals surface area contributed by atoms with Gasteiger partial charge in [-0.3, -0.25) is 4.79 Å². The minimum Gasteiger partial charge on any atom is -0.507 e. The highest BCUT2D eigenvalue weighted by Gasteiger charge is 2.19. The third-order valence-electron chi connectivity index (χ3n) is 7.03. The first-order valence-electron chi connectivity index (χ1n) is 13.8. The van der Waals surface area contributed by atoms with E-state index in [2.05, 4.69) is 45.4 Å². The number of carbonyl (C=O) groups excluding carboxylic acids is 1. The zero-order valence-corrected chi connectivity index (χ0v) is 23.1. The number of aromatic hydroxyl groups is 1. The second-order valence-corrected chi connectivity index (χ2v) is 9.74. The molecule has 1 aromatic heterocycles. The smallest absolute Gasteiger partial charge is 0.275 e. The van der Waals surface area contributed by atoms with Crippen molar-refractivity contribution in [1.29, 1.82) is 0 Å². The standard InChI is InChI=1S/C36H29N3O3/c1-2-42-31-19-17-30(18-20-31)39-33(25-11-5-3-6-12-25)22-29(35(39)26-13-7-4-8-14-26)24-37-38-36(41)32-21-27-15-9-10-16-28(27)23-34(32)40/h3-24,40H,2H2,1H3,(H,38,41)/b37-24-. The largest absolute Gasteiger partial charge is 0.507 e. The predicted octanol–water partition coefficient (Wildman–Crippen LogP) is 7.83. The van der Waals surface area contributed by atoms with E-state index < -0.39 is 5.91 Å². The van der Waals surface area contributed by atoms with Gasteiger partial charge in [-0.05, 0) is 71.3 Å². The Morgan fingerprint density at radius 2 is 1.43 bits per heavy atom. The van der Waals surface area contributed by atoms with Crippen LogP contribution in [0.4, 0.5) is 0 Å². The molecule has 6 rings (SSSR count). The van der Waals surface area contributed by atoms with Crippen molar-refractivity contribution in [3.63, 3.8) is 0 Å². The third-order valence-corrected chi connectivity index (χ3v) is 7.03. The molecule has 6 aromatic rings. The van der Waals surface area contributed by atoms with Gasteiger partial charge < -0.3 is 14.4 Å². The van der Waals surface area contributed by atoms with Crippen LogP contribution in [0.25, 0.3) is 39.0 Å². The van der Waals surface area contributed by atoms with Crippen molar-refractivity contribution in [2.24, 2.45) is 5.10 Å². The number of hydrogen-bond donors (Lipinski definition) is 2. The summed E-state index contributed by atoms with van der Waals surface area (Å²) >= 11 is 0. The molecule has 6 heteroatoms. The van der Waals surface area contributed by atoms with Gasteiger partial charge in [0.25, 0.3) is 5.91 Å². The van der Waals surface area contributed by atoms with Crippen molar-refractivity contribution in [3.05, 3.63) is 139 Å². The van der Waals surface area contributed by atoms with Gasteiger partial charge in [-0.1, -0.05) is 84.9 Å². The Labute approximate surface area is 244 Å². The summed E-state index contributed by atoms with van der Waals surface area (Å²) in [5.41, 5.74) is 8.46. The summed E-state index contributed by atoms with van der Waals surface area (Å²) in [4.78, 5) is 13.1. The number of carbonyl (C=O) groups is 1. The van der Waals surface area contributed by atoms with E-state index in [1.54, 1.807) is 18.3 Å². The topological polar surface area (TPSA) is 75.8 Å². The first-order valence-corrected chi connectivity index (χ1v) is 13.8. The van der Waals surface area contributed by atoms with Crippen molar-refractivity contribution in [2.75, 3.05) is 6.61 Å². The monoisotopic (exact) mass is 551 g/mol. The quantitative estimate of drug-likeness (QED) is 0.150. The van der Waals surface area contributed by atoms with Crippen LogP contribution in [-0.4, -0.2) is 28.4 Å². The van der Waals surface area contributed by atoms with Crippen molar-refractivity contribution < 1.29 is 14.6 Å². The number of ether oxygens (including phenoxy) is 1. The summed E-state index contributed by atoms with van der Waals surface area (Å²) in [6.07, 6.45) is 1.65. The van der Waals surface area contributed by atoms with Crippen LogP contribution in [0.15, 0.2) is 132 Å². The molecule has 0 aliphatic heterocycles. The van der Waals surface area contributed by atoms with Gasteiger partial charge in [-0.25, -0.2) is 5.43 Å². The second kappa shape index (κ2) is 11.9. The van der Waals surface area contributed by atoms with Crippen LogP contribution in [0.2, 0.25) is 0 Å². The normalized spacial score (nSPS) is 11.2. The van der Waals surface area contributed by atoms with Crippen LogP contribution in [0, 0.1) is 0 Å². The molecule has 0 saturated carbocycles. The molecule has 0 saturated heterocycles. The van der Waals surface area contributed by atoms with Crippen LogP contribution in [0.3, 0.4) is 0 Å². The summed E-state index contributed by atoms with van der Waals surface area (Å²) in [5, 5.41) is 16.6. The maximum atomic E-state index is 13.1. The maximum absolute atomic E-state index is 13.1. The lowest BCUT2D eigenvalue weighted by Crippen LogP contribution is -2.17. The molecule has 0 radical (unpaired) electrons. The summed E-state index contributed by atoms with van der Waals surface area (Å²) in [7, 11) is 0. The van der Waals surface area contributed by atoms with Gasteiger partial charge in [-0.2, -0.15) is 5.10 Å². The fraction of sp³-hybridized carbons (Fsp3) is 0.0556. The van der Waals surface area contributed by atoms with E-state index >= 15 is 0 Å². The Bertz CT molecular complexity index is 1880. The lowest BCUT2D eigenvalue weighted by atomic mass is 10.1. The average molecular weight is 552 g/mol. The van der Waals surface area contributed by atoms with Crippen LogP contribution in [-0.2, 0) is 0 Å². The van der Waals surface area contributed by atoms with Crippen molar-refractivity contribution in [1.82, 2.24) is 9.99 Å². The van der Waals surface area contributed by atoms with E-state index in [0.29, 0.717) is 6.61 Å². The number of hydrazone groups is 1. The molecular weight excluding hydrogens is 522 g/mol. The molecule has 6 nitrogen and oxygen atoms in total. The highest BCUT2D eigenvalue weighted by Crippen LogP contribution is 2.36.